The minimum Gasteiger partial charge on any atom is -0.490 e. The van der Waals surface area contributed by atoms with Crippen molar-refractivity contribution in [1.82, 2.24) is 0 Å². The molecule has 0 saturated heterocycles. The molecule has 0 spiro atoms. The highest BCUT2D eigenvalue weighted by molar-refractivity contribution is 5.28. The molecule has 168 valence electrons. The Morgan fingerprint density at radius 1 is 1.03 bits per heavy atom. The van der Waals surface area contributed by atoms with E-state index in [0.717, 1.165) is 35.8 Å². The maximum atomic E-state index is 6.39. The van der Waals surface area contributed by atoms with Gasteiger partial charge < -0.3 is 4.74 Å². The molecule has 0 aromatic heterocycles. The van der Waals surface area contributed by atoms with Crippen LogP contribution in [0.5, 0.6) is 5.75 Å². The highest BCUT2D eigenvalue weighted by Crippen LogP contribution is 2.67. The lowest BCUT2D eigenvalue weighted by molar-refractivity contribution is -0.0436. The molecule has 0 aliphatic heterocycles. The first kappa shape index (κ1) is 21.4. The van der Waals surface area contributed by atoms with Crippen LogP contribution in [0.1, 0.15) is 85.5 Å². The van der Waals surface area contributed by atoms with Gasteiger partial charge in [-0.3, -0.25) is 0 Å². The van der Waals surface area contributed by atoms with Gasteiger partial charge in [-0.2, -0.15) is 0 Å². The molecule has 4 aliphatic carbocycles. The van der Waals surface area contributed by atoms with E-state index in [-0.39, 0.29) is 0 Å². The Kier molecular flexibility index (Phi) is 5.60. The van der Waals surface area contributed by atoms with Crippen molar-refractivity contribution in [3.63, 3.8) is 0 Å². The van der Waals surface area contributed by atoms with Crippen molar-refractivity contribution in [3.8, 4) is 5.75 Å². The van der Waals surface area contributed by atoms with Gasteiger partial charge in [0.25, 0.3) is 0 Å². The van der Waals surface area contributed by atoms with Crippen molar-refractivity contribution in [2.45, 2.75) is 91.6 Å². The van der Waals surface area contributed by atoms with Gasteiger partial charge in [-0.05, 0) is 105 Å². The van der Waals surface area contributed by atoms with Gasteiger partial charge in [0.1, 0.15) is 11.9 Å². The Balaban J connectivity index is 1.35. The number of rotatable bonds is 4. The molecule has 0 bridgehead atoms. The summed E-state index contributed by atoms with van der Waals surface area (Å²) in [5, 5.41) is 0. The average molecular weight is 419 g/mol. The monoisotopic (exact) mass is 418 g/mol. The van der Waals surface area contributed by atoms with E-state index < -0.39 is 0 Å². The van der Waals surface area contributed by atoms with Gasteiger partial charge in [-0.15, -0.1) is 0 Å². The normalized spacial score (nSPS) is 42.3. The average Bonchev–Trinajstić information content (AvgIpc) is 3.12. The molecular formula is C30H42O. The molecule has 4 aliphatic rings. The second-order valence-electron chi connectivity index (χ2n) is 11.6. The summed E-state index contributed by atoms with van der Waals surface area (Å²) in [7, 11) is 0. The van der Waals surface area contributed by atoms with E-state index in [1.54, 1.807) is 11.1 Å². The molecule has 7 unspecified atom stereocenters. The zero-order chi connectivity index (χ0) is 21.6. The minimum atomic E-state index is 0.352. The molecule has 1 aromatic carbocycles. The number of allylic oxidation sites excluding steroid dienone is 3. The van der Waals surface area contributed by atoms with E-state index in [1.165, 1.54) is 51.4 Å². The lowest BCUT2D eigenvalue weighted by atomic mass is 9.47. The minimum absolute atomic E-state index is 0.352. The van der Waals surface area contributed by atoms with Crippen molar-refractivity contribution in [2.75, 3.05) is 0 Å². The molecule has 0 N–H and O–H groups in total. The van der Waals surface area contributed by atoms with Gasteiger partial charge in [0.15, 0.2) is 0 Å². The molecule has 1 heteroatoms. The molecule has 0 amide bonds. The van der Waals surface area contributed by atoms with Gasteiger partial charge in [0.05, 0.1) is 0 Å². The van der Waals surface area contributed by atoms with Crippen LogP contribution in [0.4, 0.5) is 0 Å². The van der Waals surface area contributed by atoms with E-state index in [1.807, 2.05) is 0 Å². The van der Waals surface area contributed by atoms with Crippen molar-refractivity contribution in [1.29, 1.82) is 0 Å². The summed E-state index contributed by atoms with van der Waals surface area (Å²) in [6, 6.07) is 10.4. The van der Waals surface area contributed by atoms with Crippen molar-refractivity contribution < 1.29 is 4.74 Å². The zero-order valence-corrected chi connectivity index (χ0v) is 20.2. The summed E-state index contributed by atoms with van der Waals surface area (Å²) < 4.78 is 6.39. The SMILES string of the molecule is CC/C=C(/C)C1CCC2C3CC=C4CC(Oc5ccccc5)CCC4(C)C3CCC12C. The molecule has 3 fully saturated rings. The molecule has 5 rings (SSSR count). The van der Waals surface area contributed by atoms with Crippen LogP contribution in [0, 0.1) is 34.5 Å². The Morgan fingerprint density at radius 3 is 2.61 bits per heavy atom. The molecule has 1 aromatic rings. The zero-order valence-electron chi connectivity index (χ0n) is 20.2. The number of para-hydroxylation sites is 1. The van der Waals surface area contributed by atoms with E-state index in [2.05, 4.69) is 70.2 Å². The highest BCUT2D eigenvalue weighted by Gasteiger charge is 2.58. The van der Waals surface area contributed by atoms with Crippen LogP contribution in [-0.2, 0) is 0 Å². The second-order valence-corrected chi connectivity index (χ2v) is 11.6. The Morgan fingerprint density at radius 2 is 1.84 bits per heavy atom. The van der Waals surface area contributed by atoms with E-state index >= 15 is 0 Å². The number of hydrogen-bond acceptors (Lipinski definition) is 1. The summed E-state index contributed by atoms with van der Waals surface area (Å²) in [4.78, 5) is 0. The summed E-state index contributed by atoms with van der Waals surface area (Å²) in [5.41, 5.74) is 4.35. The smallest absolute Gasteiger partial charge is 0.119 e. The van der Waals surface area contributed by atoms with Crippen LogP contribution in [0.3, 0.4) is 0 Å². The molecular weight excluding hydrogens is 376 g/mol. The largest absolute Gasteiger partial charge is 0.490 e. The molecule has 0 heterocycles. The number of fused-ring (bicyclic) bond motifs is 5. The van der Waals surface area contributed by atoms with E-state index in [9.17, 15) is 0 Å². The van der Waals surface area contributed by atoms with Crippen molar-refractivity contribution in [2.24, 2.45) is 34.5 Å². The van der Waals surface area contributed by atoms with Crippen LogP contribution < -0.4 is 4.74 Å². The molecule has 3 saturated carbocycles. The molecule has 7 atom stereocenters. The van der Waals surface area contributed by atoms with Crippen LogP contribution in [-0.4, -0.2) is 6.10 Å². The quantitative estimate of drug-likeness (QED) is 0.446. The standard InChI is InChI=1S/C30H42O/c1-5-9-21(2)26-14-15-27-25-13-12-22-20-24(31-23-10-7-6-8-11-23)16-18-29(22,3)28(25)17-19-30(26,27)4/h6-12,24-28H,5,13-20H2,1-4H3/b21-9-. The summed E-state index contributed by atoms with van der Waals surface area (Å²) in [6.45, 7) is 9.99. The van der Waals surface area contributed by atoms with Gasteiger partial charge in [0, 0.05) is 6.42 Å². The topological polar surface area (TPSA) is 9.23 Å². The first-order chi connectivity index (χ1) is 15.0. The fourth-order valence-electron chi connectivity index (χ4n) is 8.63. The second kappa shape index (κ2) is 8.13. The fourth-order valence-corrected chi connectivity index (χ4v) is 8.63. The highest BCUT2D eigenvalue weighted by atomic mass is 16.5. The molecule has 1 nitrogen and oxygen atoms in total. The number of hydrogen-bond donors (Lipinski definition) is 0. The fraction of sp³-hybridized carbons (Fsp3) is 0.667. The lowest BCUT2D eigenvalue weighted by Gasteiger charge is -2.58. The Hall–Kier alpha value is -1.50. The third kappa shape index (κ3) is 3.51. The number of benzene rings is 1. The van der Waals surface area contributed by atoms with E-state index in [0.29, 0.717) is 16.9 Å². The van der Waals surface area contributed by atoms with Crippen molar-refractivity contribution >= 4 is 0 Å². The summed E-state index contributed by atoms with van der Waals surface area (Å²) in [6.07, 6.45) is 17.4. The van der Waals surface area contributed by atoms with Gasteiger partial charge >= 0.3 is 0 Å². The third-order valence-corrected chi connectivity index (χ3v) is 10.2. The predicted octanol–water partition coefficient (Wildman–Crippen LogP) is 8.37. The Labute approximate surface area is 190 Å². The van der Waals surface area contributed by atoms with Crippen LogP contribution in [0.25, 0.3) is 0 Å². The summed E-state index contributed by atoms with van der Waals surface area (Å²) >= 11 is 0. The van der Waals surface area contributed by atoms with Crippen LogP contribution >= 0.6 is 0 Å². The van der Waals surface area contributed by atoms with Crippen molar-refractivity contribution in [3.05, 3.63) is 53.6 Å². The van der Waals surface area contributed by atoms with Crippen LogP contribution in [0.2, 0.25) is 0 Å². The number of ether oxygens (including phenoxy) is 1. The third-order valence-electron chi connectivity index (χ3n) is 10.2. The predicted molar refractivity (Wildman–Crippen MR) is 130 cm³/mol. The van der Waals surface area contributed by atoms with Gasteiger partial charge in [0.2, 0.25) is 0 Å². The first-order valence-corrected chi connectivity index (χ1v) is 13.0. The maximum absolute atomic E-state index is 6.39. The van der Waals surface area contributed by atoms with Gasteiger partial charge in [-0.1, -0.05) is 62.3 Å². The first-order valence-electron chi connectivity index (χ1n) is 13.0. The molecule has 31 heavy (non-hydrogen) atoms. The van der Waals surface area contributed by atoms with E-state index in [4.69, 9.17) is 4.74 Å². The molecule has 0 radical (unpaired) electrons. The van der Waals surface area contributed by atoms with Gasteiger partial charge in [-0.25, -0.2) is 0 Å². The Bertz CT molecular complexity index is 850. The summed E-state index contributed by atoms with van der Waals surface area (Å²) in [5.74, 6) is 4.57. The maximum Gasteiger partial charge on any atom is 0.119 e. The lowest BCUT2D eigenvalue weighted by Crippen LogP contribution is -2.50. The van der Waals surface area contributed by atoms with Crippen LogP contribution in [0.15, 0.2) is 53.6 Å².